The molecule has 98 valence electrons. The van der Waals surface area contributed by atoms with E-state index in [9.17, 15) is 13.5 Å². The molecule has 1 aromatic rings. The third kappa shape index (κ3) is 3.77. The van der Waals surface area contributed by atoms with Crippen molar-refractivity contribution in [2.45, 2.75) is 36.9 Å². The molecule has 1 aromatic heterocycles. The van der Waals surface area contributed by atoms with Gasteiger partial charge in [0, 0.05) is 6.04 Å². The highest BCUT2D eigenvalue weighted by molar-refractivity contribution is 7.91. The van der Waals surface area contributed by atoms with Gasteiger partial charge in [-0.15, -0.1) is 11.3 Å². The van der Waals surface area contributed by atoms with E-state index >= 15 is 0 Å². The van der Waals surface area contributed by atoms with Gasteiger partial charge in [-0.25, -0.2) is 13.1 Å². The van der Waals surface area contributed by atoms with Crippen molar-refractivity contribution in [2.24, 2.45) is 5.92 Å². The minimum absolute atomic E-state index is 0.162. The summed E-state index contributed by atoms with van der Waals surface area (Å²) in [6.07, 6.45) is 1.68. The maximum absolute atomic E-state index is 12.0. The largest absolute Gasteiger partial charge is 0.395 e. The van der Waals surface area contributed by atoms with Gasteiger partial charge in [-0.1, -0.05) is 32.8 Å². The molecule has 0 spiro atoms. The number of thiophene rings is 1. The van der Waals surface area contributed by atoms with Crippen molar-refractivity contribution in [3.8, 4) is 0 Å². The van der Waals surface area contributed by atoms with Crippen LogP contribution in [0, 0.1) is 5.92 Å². The third-order valence-corrected chi connectivity index (χ3v) is 5.77. The molecule has 0 unspecified atom stereocenters. The van der Waals surface area contributed by atoms with Gasteiger partial charge in [0.15, 0.2) is 0 Å². The minimum Gasteiger partial charge on any atom is -0.395 e. The summed E-state index contributed by atoms with van der Waals surface area (Å²) in [5.41, 5.74) is 0. The first-order valence-electron chi connectivity index (χ1n) is 5.71. The lowest BCUT2D eigenvalue weighted by molar-refractivity contribution is 0.209. The number of sulfonamides is 1. The zero-order valence-corrected chi connectivity index (χ0v) is 11.7. The van der Waals surface area contributed by atoms with Gasteiger partial charge in [-0.3, -0.25) is 0 Å². The van der Waals surface area contributed by atoms with Crippen LogP contribution in [0.5, 0.6) is 0 Å². The molecule has 1 heterocycles. The lowest BCUT2D eigenvalue weighted by atomic mass is 9.96. The summed E-state index contributed by atoms with van der Waals surface area (Å²) < 4.78 is 26.8. The van der Waals surface area contributed by atoms with Crippen molar-refractivity contribution in [3.63, 3.8) is 0 Å². The Labute approximate surface area is 107 Å². The standard InChI is InChI=1S/C11H19NO3S2/c1-3-9(4-2)10(8-13)12-17(14,15)11-6-5-7-16-11/h5-7,9-10,12-13H,3-4,8H2,1-2H3/t10-/m1/s1. The molecule has 2 N–H and O–H groups in total. The fourth-order valence-electron chi connectivity index (χ4n) is 1.81. The zero-order valence-electron chi connectivity index (χ0n) is 10.1. The zero-order chi connectivity index (χ0) is 12.9. The number of rotatable bonds is 7. The monoisotopic (exact) mass is 277 g/mol. The van der Waals surface area contributed by atoms with Crippen molar-refractivity contribution in [3.05, 3.63) is 17.5 Å². The van der Waals surface area contributed by atoms with Gasteiger partial charge in [0.25, 0.3) is 0 Å². The molecule has 1 rings (SSSR count). The minimum atomic E-state index is -3.48. The molecule has 0 aliphatic rings. The Morgan fingerprint density at radius 1 is 1.41 bits per heavy atom. The van der Waals surface area contributed by atoms with Crippen molar-refractivity contribution in [2.75, 3.05) is 6.61 Å². The second-order valence-corrected chi connectivity index (χ2v) is 6.81. The van der Waals surface area contributed by atoms with Gasteiger partial charge in [0.1, 0.15) is 4.21 Å². The molecule has 17 heavy (non-hydrogen) atoms. The fourth-order valence-corrected chi connectivity index (χ4v) is 4.12. The highest BCUT2D eigenvalue weighted by atomic mass is 32.2. The average Bonchev–Trinajstić information content (AvgIpc) is 2.83. The van der Waals surface area contributed by atoms with Gasteiger partial charge in [0.2, 0.25) is 10.0 Å². The normalized spacial score (nSPS) is 14.1. The molecule has 0 saturated heterocycles. The summed E-state index contributed by atoms with van der Waals surface area (Å²) in [7, 11) is -3.48. The average molecular weight is 277 g/mol. The summed E-state index contributed by atoms with van der Waals surface area (Å²) in [5, 5.41) is 11.0. The van der Waals surface area contributed by atoms with E-state index in [1.807, 2.05) is 13.8 Å². The fraction of sp³-hybridized carbons (Fsp3) is 0.636. The Bertz CT molecular complexity index is 410. The molecule has 1 atom stereocenters. The quantitative estimate of drug-likeness (QED) is 0.799. The van der Waals surface area contributed by atoms with Crippen molar-refractivity contribution < 1.29 is 13.5 Å². The smallest absolute Gasteiger partial charge is 0.250 e. The summed E-state index contributed by atoms with van der Waals surface area (Å²) in [6.45, 7) is 3.82. The SMILES string of the molecule is CCC(CC)[C@@H](CO)NS(=O)(=O)c1cccs1. The summed E-state index contributed by atoms with van der Waals surface area (Å²) in [4.78, 5) is 0. The molecule has 0 fully saturated rings. The van der Waals surface area contributed by atoms with Gasteiger partial charge in [-0.2, -0.15) is 0 Å². The molecular formula is C11H19NO3S2. The lowest BCUT2D eigenvalue weighted by Crippen LogP contribution is -2.42. The third-order valence-electron chi connectivity index (χ3n) is 2.88. The molecule has 0 aromatic carbocycles. The molecular weight excluding hydrogens is 258 g/mol. The van der Waals surface area contributed by atoms with E-state index in [1.54, 1.807) is 17.5 Å². The van der Waals surface area contributed by atoms with Crippen LogP contribution in [0.2, 0.25) is 0 Å². The number of nitrogens with one attached hydrogen (secondary N) is 1. The van der Waals surface area contributed by atoms with Crippen LogP contribution >= 0.6 is 11.3 Å². The molecule has 0 aliphatic carbocycles. The Morgan fingerprint density at radius 3 is 2.47 bits per heavy atom. The second-order valence-electron chi connectivity index (χ2n) is 3.92. The topological polar surface area (TPSA) is 66.4 Å². The first kappa shape index (κ1) is 14.6. The maximum atomic E-state index is 12.0. The highest BCUT2D eigenvalue weighted by Crippen LogP contribution is 2.19. The Balaban J connectivity index is 2.81. The first-order chi connectivity index (χ1) is 8.05. The van der Waals surface area contributed by atoms with Crippen molar-refractivity contribution in [1.82, 2.24) is 4.72 Å². The van der Waals surface area contributed by atoms with E-state index < -0.39 is 16.1 Å². The van der Waals surface area contributed by atoms with E-state index in [0.29, 0.717) is 4.21 Å². The second kappa shape index (κ2) is 6.49. The number of aliphatic hydroxyl groups excluding tert-OH is 1. The number of hydrogen-bond donors (Lipinski definition) is 2. The molecule has 0 aliphatic heterocycles. The van der Waals surface area contributed by atoms with Crippen LogP contribution in [0.15, 0.2) is 21.7 Å². The van der Waals surface area contributed by atoms with Crippen LogP contribution in [0.1, 0.15) is 26.7 Å². The number of hydrogen-bond acceptors (Lipinski definition) is 4. The summed E-state index contributed by atoms with van der Waals surface area (Å²) in [6, 6.07) is 2.86. The van der Waals surface area contributed by atoms with Crippen LogP contribution < -0.4 is 4.72 Å². The maximum Gasteiger partial charge on any atom is 0.250 e. The van der Waals surface area contributed by atoms with Gasteiger partial charge in [-0.05, 0) is 17.4 Å². The predicted molar refractivity (Wildman–Crippen MR) is 69.6 cm³/mol. The molecule has 0 radical (unpaired) electrons. The van der Waals surface area contributed by atoms with E-state index in [-0.39, 0.29) is 12.5 Å². The van der Waals surface area contributed by atoms with Crippen molar-refractivity contribution >= 4 is 21.4 Å². The predicted octanol–water partition coefficient (Wildman–Crippen LogP) is 1.82. The summed E-state index contributed by atoms with van der Waals surface area (Å²) in [5.74, 6) is 0.162. The van der Waals surface area contributed by atoms with Crippen LogP contribution in [0.25, 0.3) is 0 Å². The van der Waals surface area contributed by atoms with Crippen LogP contribution in [0.4, 0.5) is 0 Å². The van der Waals surface area contributed by atoms with Gasteiger partial charge >= 0.3 is 0 Å². The van der Waals surface area contributed by atoms with Crippen LogP contribution in [-0.2, 0) is 10.0 Å². The van der Waals surface area contributed by atoms with Crippen LogP contribution in [-0.4, -0.2) is 26.2 Å². The molecule has 4 nitrogen and oxygen atoms in total. The molecule has 0 bridgehead atoms. The Morgan fingerprint density at radius 2 is 2.06 bits per heavy atom. The Kier molecular flexibility index (Phi) is 5.58. The molecule has 0 amide bonds. The van der Waals surface area contributed by atoms with E-state index in [4.69, 9.17) is 0 Å². The number of aliphatic hydroxyl groups is 1. The molecule has 0 saturated carbocycles. The molecule has 6 heteroatoms. The van der Waals surface area contributed by atoms with E-state index in [1.165, 1.54) is 11.3 Å². The van der Waals surface area contributed by atoms with Crippen molar-refractivity contribution in [1.29, 1.82) is 0 Å². The van der Waals surface area contributed by atoms with E-state index in [2.05, 4.69) is 4.72 Å². The summed E-state index contributed by atoms with van der Waals surface area (Å²) >= 11 is 1.18. The lowest BCUT2D eigenvalue weighted by Gasteiger charge is -2.23. The van der Waals surface area contributed by atoms with Gasteiger partial charge < -0.3 is 5.11 Å². The first-order valence-corrected chi connectivity index (χ1v) is 8.08. The van der Waals surface area contributed by atoms with E-state index in [0.717, 1.165) is 12.8 Å². The Hall–Kier alpha value is -0.430. The van der Waals surface area contributed by atoms with Gasteiger partial charge in [0.05, 0.1) is 6.61 Å². The highest BCUT2D eigenvalue weighted by Gasteiger charge is 2.25. The van der Waals surface area contributed by atoms with Crippen LogP contribution in [0.3, 0.4) is 0 Å².